The molecule has 2 aromatic carbocycles. The van der Waals surface area contributed by atoms with Gasteiger partial charge in [-0.05, 0) is 60.4 Å². The van der Waals surface area contributed by atoms with Crippen LogP contribution in [0.5, 0.6) is 11.5 Å². The molecule has 9 heteroatoms. The van der Waals surface area contributed by atoms with Gasteiger partial charge in [0.15, 0.2) is 6.61 Å². The molecule has 0 aliphatic rings. The number of carbonyl (C=O) groups is 1. The molecular formula is C21H27ClN2O5S. The lowest BCUT2D eigenvalue weighted by atomic mass is 10.0. The number of benzene rings is 2. The number of methoxy groups -OCH3 is 1. The second-order valence-corrected chi connectivity index (χ2v) is 9.18. The highest BCUT2D eigenvalue weighted by molar-refractivity contribution is 7.89. The summed E-state index contributed by atoms with van der Waals surface area (Å²) in [4.78, 5) is 12.2. The van der Waals surface area contributed by atoms with Gasteiger partial charge >= 0.3 is 0 Å². The van der Waals surface area contributed by atoms with Gasteiger partial charge in [0.25, 0.3) is 5.91 Å². The van der Waals surface area contributed by atoms with E-state index in [0.29, 0.717) is 16.5 Å². The molecule has 0 aliphatic heterocycles. The van der Waals surface area contributed by atoms with E-state index in [4.69, 9.17) is 21.1 Å². The van der Waals surface area contributed by atoms with Crippen molar-refractivity contribution in [3.8, 4) is 11.5 Å². The van der Waals surface area contributed by atoms with Crippen LogP contribution in [0, 0.1) is 6.92 Å². The van der Waals surface area contributed by atoms with Gasteiger partial charge in [0.2, 0.25) is 10.0 Å². The lowest BCUT2D eigenvalue weighted by molar-refractivity contribution is -0.123. The third-order valence-corrected chi connectivity index (χ3v) is 6.26. The fourth-order valence-electron chi connectivity index (χ4n) is 2.67. The van der Waals surface area contributed by atoms with Crippen LogP contribution < -0.4 is 19.5 Å². The maximum Gasteiger partial charge on any atom is 0.257 e. The van der Waals surface area contributed by atoms with Gasteiger partial charge in [0, 0.05) is 18.1 Å². The van der Waals surface area contributed by atoms with Crippen LogP contribution in [0.2, 0.25) is 5.02 Å². The minimum absolute atomic E-state index is 0.0530. The predicted octanol–water partition coefficient (Wildman–Crippen LogP) is 3.25. The first-order valence-corrected chi connectivity index (χ1v) is 11.3. The number of sulfonamides is 1. The van der Waals surface area contributed by atoms with Crippen molar-refractivity contribution >= 4 is 27.5 Å². The van der Waals surface area contributed by atoms with Gasteiger partial charge in [-0.1, -0.05) is 25.4 Å². The smallest absolute Gasteiger partial charge is 0.257 e. The van der Waals surface area contributed by atoms with Crippen molar-refractivity contribution in [1.29, 1.82) is 0 Å². The van der Waals surface area contributed by atoms with E-state index in [0.717, 1.165) is 11.1 Å². The van der Waals surface area contributed by atoms with Crippen molar-refractivity contribution in [2.45, 2.75) is 31.6 Å². The molecule has 2 aromatic rings. The van der Waals surface area contributed by atoms with Gasteiger partial charge in [0.1, 0.15) is 11.5 Å². The van der Waals surface area contributed by atoms with Gasteiger partial charge in [-0.2, -0.15) is 0 Å². The summed E-state index contributed by atoms with van der Waals surface area (Å²) in [5.41, 5.74) is 1.79. The van der Waals surface area contributed by atoms with Crippen molar-refractivity contribution in [3.63, 3.8) is 0 Å². The second kappa shape index (κ2) is 10.7. The van der Waals surface area contributed by atoms with Gasteiger partial charge in [-0.25, -0.2) is 13.1 Å². The van der Waals surface area contributed by atoms with Crippen molar-refractivity contribution < 1.29 is 22.7 Å². The third-order valence-electron chi connectivity index (χ3n) is 4.38. The van der Waals surface area contributed by atoms with Crippen LogP contribution in [0.25, 0.3) is 0 Å². The van der Waals surface area contributed by atoms with Gasteiger partial charge in [-0.3, -0.25) is 4.79 Å². The number of nitrogens with one attached hydrogen (secondary N) is 2. The largest absolute Gasteiger partial charge is 0.497 e. The van der Waals surface area contributed by atoms with Crippen LogP contribution >= 0.6 is 11.6 Å². The molecule has 0 unspecified atom stereocenters. The Balaban J connectivity index is 1.82. The van der Waals surface area contributed by atoms with Crippen molar-refractivity contribution in [3.05, 3.63) is 52.5 Å². The van der Waals surface area contributed by atoms with E-state index in [-0.39, 0.29) is 36.4 Å². The molecule has 0 radical (unpaired) electrons. The summed E-state index contributed by atoms with van der Waals surface area (Å²) in [6, 6.07) is 9.70. The fraction of sp³-hybridized carbons (Fsp3) is 0.381. The summed E-state index contributed by atoms with van der Waals surface area (Å²) in [5, 5.41) is 3.29. The van der Waals surface area contributed by atoms with E-state index in [2.05, 4.69) is 10.0 Å². The molecular weight excluding hydrogens is 428 g/mol. The second-order valence-electron chi connectivity index (χ2n) is 7.01. The Morgan fingerprint density at radius 1 is 1.13 bits per heavy atom. The Hall–Kier alpha value is -2.29. The highest BCUT2D eigenvalue weighted by Gasteiger charge is 2.15. The van der Waals surface area contributed by atoms with Crippen molar-refractivity contribution in [2.75, 3.05) is 26.8 Å². The number of halogens is 1. The number of hydrogen-bond donors (Lipinski definition) is 2. The Morgan fingerprint density at radius 3 is 2.40 bits per heavy atom. The molecule has 0 spiro atoms. The molecule has 1 amide bonds. The van der Waals surface area contributed by atoms with E-state index in [1.807, 2.05) is 32.9 Å². The summed E-state index contributed by atoms with van der Waals surface area (Å²) < 4.78 is 37.6. The highest BCUT2D eigenvalue weighted by Crippen LogP contribution is 2.31. The molecule has 0 saturated heterocycles. The van der Waals surface area contributed by atoms with Gasteiger partial charge in [0.05, 0.1) is 12.0 Å². The number of ether oxygens (including phenoxy) is 2. The topological polar surface area (TPSA) is 93.7 Å². The molecule has 164 valence electrons. The van der Waals surface area contributed by atoms with Crippen LogP contribution in [0.15, 0.2) is 41.3 Å². The molecule has 7 nitrogen and oxygen atoms in total. The van der Waals surface area contributed by atoms with Gasteiger partial charge in [-0.15, -0.1) is 0 Å². The first-order chi connectivity index (χ1) is 14.1. The first-order valence-electron chi connectivity index (χ1n) is 9.47. The Labute approximate surface area is 182 Å². The molecule has 0 heterocycles. The first kappa shape index (κ1) is 24.0. The summed E-state index contributed by atoms with van der Waals surface area (Å²) >= 11 is 6.18. The molecule has 0 fully saturated rings. The SMILES string of the molecule is COc1ccc(S(=O)(=O)NCCNC(=O)COc2cc(C)c(Cl)cc2C(C)C)cc1. The number of rotatable bonds is 10. The highest BCUT2D eigenvalue weighted by atomic mass is 35.5. The molecule has 0 saturated carbocycles. The summed E-state index contributed by atoms with van der Waals surface area (Å²) in [6.45, 7) is 5.91. The minimum atomic E-state index is -3.66. The Bertz CT molecular complexity index is 976. The predicted molar refractivity (Wildman–Crippen MR) is 117 cm³/mol. The van der Waals surface area contributed by atoms with E-state index in [1.54, 1.807) is 12.1 Å². The summed E-state index contributed by atoms with van der Waals surface area (Å²) in [6.07, 6.45) is 0. The van der Waals surface area contributed by atoms with Crippen LogP contribution in [0.4, 0.5) is 0 Å². The van der Waals surface area contributed by atoms with Gasteiger partial charge < -0.3 is 14.8 Å². The quantitative estimate of drug-likeness (QED) is 0.537. The third kappa shape index (κ3) is 6.62. The van der Waals surface area contributed by atoms with Crippen LogP contribution in [0.1, 0.15) is 30.9 Å². The maximum atomic E-state index is 12.2. The minimum Gasteiger partial charge on any atom is -0.497 e. The Morgan fingerprint density at radius 2 is 1.80 bits per heavy atom. The van der Waals surface area contributed by atoms with Crippen molar-refractivity contribution in [2.24, 2.45) is 0 Å². The van der Waals surface area contributed by atoms with Crippen molar-refractivity contribution in [1.82, 2.24) is 10.0 Å². The average molecular weight is 455 g/mol. The normalized spacial score (nSPS) is 11.4. The lowest BCUT2D eigenvalue weighted by Gasteiger charge is -2.16. The summed E-state index contributed by atoms with van der Waals surface area (Å²) in [5.74, 6) is 1.02. The van der Waals surface area contributed by atoms with E-state index in [9.17, 15) is 13.2 Å². The fourth-order valence-corrected chi connectivity index (χ4v) is 3.87. The molecule has 2 N–H and O–H groups in total. The molecule has 2 rings (SSSR count). The van der Waals surface area contributed by atoms with E-state index in [1.165, 1.54) is 19.2 Å². The monoisotopic (exact) mass is 454 g/mol. The zero-order valence-electron chi connectivity index (χ0n) is 17.5. The standard InChI is InChI=1S/C21H27ClN2O5S/c1-14(2)18-12-19(22)15(3)11-20(18)29-13-21(25)23-9-10-24-30(26,27)17-7-5-16(28-4)6-8-17/h5-8,11-12,14,24H,9-10,13H2,1-4H3,(H,23,25). The van der Waals surface area contributed by atoms with Crippen LogP contribution in [-0.2, 0) is 14.8 Å². The van der Waals surface area contributed by atoms with E-state index >= 15 is 0 Å². The molecule has 0 atom stereocenters. The molecule has 0 aromatic heterocycles. The Kier molecular flexibility index (Phi) is 8.52. The van der Waals surface area contributed by atoms with Crippen LogP contribution in [0.3, 0.4) is 0 Å². The average Bonchev–Trinajstić information content (AvgIpc) is 2.71. The van der Waals surface area contributed by atoms with Crippen LogP contribution in [-0.4, -0.2) is 41.1 Å². The number of hydrogen-bond acceptors (Lipinski definition) is 5. The maximum absolute atomic E-state index is 12.2. The molecule has 30 heavy (non-hydrogen) atoms. The zero-order chi connectivity index (χ0) is 22.3. The number of amides is 1. The number of aryl methyl sites for hydroxylation is 1. The van der Waals surface area contributed by atoms with E-state index < -0.39 is 10.0 Å². The molecule has 0 bridgehead atoms. The lowest BCUT2D eigenvalue weighted by Crippen LogP contribution is -2.36. The molecule has 0 aliphatic carbocycles. The summed E-state index contributed by atoms with van der Waals surface area (Å²) in [7, 11) is -2.16. The number of carbonyl (C=O) groups excluding carboxylic acids is 1. The zero-order valence-corrected chi connectivity index (χ0v) is 19.1.